The van der Waals surface area contributed by atoms with E-state index >= 15 is 0 Å². The Morgan fingerprint density at radius 1 is 1.12 bits per heavy atom. The summed E-state index contributed by atoms with van der Waals surface area (Å²) in [5, 5.41) is 0. The number of benzene rings is 1. The van der Waals surface area contributed by atoms with Crippen LogP contribution in [0.25, 0.3) is 0 Å². The number of nitrogens with zero attached hydrogens (tertiary/aromatic N) is 1. The third-order valence-corrected chi connectivity index (χ3v) is 6.36. The lowest BCUT2D eigenvalue weighted by atomic mass is 9.90. The largest absolute Gasteiger partial charge is 0.493 e. The first-order valence-corrected chi connectivity index (χ1v) is 10.4. The summed E-state index contributed by atoms with van der Waals surface area (Å²) in [5.41, 5.74) is 1.27. The Bertz CT molecular complexity index is 664. The summed E-state index contributed by atoms with van der Waals surface area (Å²) >= 11 is 0. The minimum Gasteiger partial charge on any atom is -0.493 e. The van der Waals surface area contributed by atoms with Crippen molar-refractivity contribution >= 4 is 5.91 Å². The van der Waals surface area contributed by atoms with Gasteiger partial charge in [-0.3, -0.25) is 4.79 Å². The lowest BCUT2D eigenvalue weighted by molar-refractivity contribution is 0.0742. The summed E-state index contributed by atoms with van der Waals surface area (Å²) in [6.45, 7) is 3.46. The summed E-state index contributed by atoms with van der Waals surface area (Å²) in [4.78, 5) is 14.7. The van der Waals surface area contributed by atoms with Crippen LogP contribution in [-0.2, 0) is 0 Å². The van der Waals surface area contributed by atoms with Crippen molar-refractivity contribution in [3.8, 4) is 5.75 Å². The first kappa shape index (κ1) is 17.8. The third kappa shape index (κ3) is 3.74. The number of rotatable bonds is 5. The molecule has 1 aromatic rings. The van der Waals surface area contributed by atoms with Crippen molar-refractivity contribution in [2.45, 2.75) is 76.7 Å². The maximum absolute atomic E-state index is 14.8. The molecule has 3 aliphatic rings. The number of likely N-dealkylation sites (tertiary alicyclic amines) is 1. The zero-order valence-corrected chi connectivity index (χ0v) is 15.8. The Morgan fingerprint density at radius 2 is 1.88 bits per heavy atom. The van der Waals surface area contributed by atoms with E-state index in [9.17, 15) is 9.18 Å². The number of amides is 1. The van der Waals surface area contributed by atoms with E-state index in [1.807, 2.05) is 11.8 Å². The summed E-state index contributed by atoms with van der Waals surface area (Å²) in [7, 11) is 0. The molecule has 26 heavy (non-hydrogen) atoms. The van der Waals surface area contributed by atoms with E-state index in [4.69, 9.17) is 4.74 Å². The van der Waals surface area contributed by atoms with Gasteiger partial charge in [-0.15, -0.1) is 0 Å². The van der Waals surface area contributed by atoms with E-state index < -0.39 is 5.82 Å². The quantitative estimate of drug-likeness (QED) is 0.715. The second kappa shape index (κ2) is 7.58. The van der Waals surface area contributed by atoms with Crippen LogP contribution in [0.15, 0.2) is 12.1 Å². The van der Waals surface area contributed by atoms with Gasteiger partial charge in [-0.2, -0.15) is 0 Å². The molecule has 2 saturated carbocycles. The van der Waals surface area contributed by atoms with Crippen molar-refractivity contribution < 1.29 is 13.9 Å². The van der Waals surface area contributed by atoms with Gasteiger partial charge < -0.3 is 9.64 Å². The molecule has 1 aromatic carbocycles. The monoisotopic (exact) mass is 359 g/mol. The smallest absolute Gasteiger partial charge is 0.257 e. The molecular formula is C22H30FNO2. The number of carbonyl (C=O) groups is 1. The van der Waals surface area contributed by atoms with Gasteiger partial charge in [0, 0.05) is 18.7 Å². The summed E-state index contributed by atoms with van der Waals surface area (Å²) in [6.07, 6.45) is 10.5. The first-order valence-electron chi connectivity index (χ1n) is 10.4. The molecule has 4 rings (SSSR count). The number of ether oxygens (including phenoxy) is 1. The molecule has 0 bridgehead atoms. The van der Waals surface area contributed by atoms with Crippen LogP contribution in [0.2, 0.25) is 0 Å². The topological polar surface area (TPSA) is 29.5 Å². The van der Waals surface area contributed by atoms with Gasteiger partial charge in [0.15, 0.2) is 0 Å². The number of halogens is 1. The molecular weight excluding hydrogens is 329 g/mol. The maximum Gasteiger partial charge on any atom is 0.257 e. The van der Waals surface area contributed by atoms with E-state index in [1.54, 1.807) is 6.07 Å². The zero-order valence-electron chi connectivity index (χ0n) is 15.8. The Hall–Kier alpha value is -1.58. The lowest BCUT2D eigenvalue weighted by Crippen LogP contribution is -2.34. The summed E-state index contributed by atoms with van der Waals surface area (Å²) in [6, 6.07) is 3.47. The Balaban J connectivity index is 1.53. The second-order valence-electron chi connectivity index (χ2n) is 8.45. The van der Waals surface area contributed by atoms with Crippen molar-refractivity contribution in [3.05, 3.63) is 29.1 Å². The molecule has 142 valence electrons. The first-order chi connectivity index (χ1) is 12.6. The van der Waals surface area contributed by atoms with E-state index in [0.29, 0.717) is 24.2 Å². The predicted molar refractivity (Wildman–Crippen MR) is 100 cm³/mol. The number of hydrogen-bond donors (Lipinski definition) is 0. The van der Waals surface area contributed by atoms with Crippen LogP contribution in [0.3, 0.4) is 0 Å². The van der Waals surface area contributed by atoms with Gasteiger partial charge in [-0.05, 0) is 68.9 Å². The molecule has 0 N–H and O–H groups in total. The highest BCUT2D eigenvalue weighted by atomic mass is 19.1. The third-order valence-electron chi connectivity index (χ3n) is 6.36. The molecule has 1 heterocycles. The van der Waals surface area contributed by atoms with E-state index in [0.717, 1.165) is 37.8 Å². The fourth-order valence-electron chi connectivity index (χ4n) is 4.53. The van der Waals surface area contributed by atoms with Crippen molar-refractivity contribution in [1.29, 1.82) is 0 Å². The van der Waals surface area contributed by atoms with Gasteiger partial charge in [-0.25, -0.2) is 4.39 Å². The van der Waals surface area contributed by atoms with Crippen molar-refractivity contribution in [2.75, 3.05) is 13.2 Å². The normalized spacial score (nSPS) is 24.1. The van der Waals surface area contributed by atoms with Crippen LogP contribution in [0.4, 0.5) is 4.39 Å². The van der Waals surface area contributed by atoms with Crippen molar-refractivity contribution in [1.82, 2.24) is 4.90 Å². The SMILES string of the molecule is CC1CCCN1C(=O)c1cc(C2CC2)c(OCC2CCCCC2)cc1F. The number of hydrogen-bond acceptors (Lipinski definition) is 2. The Morgan fingerprint density at radius 3 is 2.54 bits per heavy atom. The van der Waals surface area contributed by atoms with Crippen molar-refractivity contribution in [3.63, 3.8) is 0 Å². The van der Waals surface area contributed by atoms with E-state index in [-0.39, 0.29) is 17.5 Å². The van der Waals surface area contributed by atoms with E-state index in [2.05, 4.69) is 0 Å². The average molecular weight is 359 g/mol. The lowest BCUT2D eigenvalue weighted by Gasteiger charge is -2.24. The summed E-state index contributed by atoms with van der Waals surface area (Å²) < 4.78 is 20.9. The Labute approximate surface area is 155 Å². The molecule has 1 atom stereocenters. The standard InChI is InChI=1S/C22H30FNO2/c1-15-6-5-11-24(15)22(25)19-12-18(17-9-10-17)21(13-20(19)23)26-14-16-7-3-2-4-8-16/h12-13,15-17H,2-11,14H2,1H3. The predicted octanol–water partition coefficient (Wildman–Crippen LogP) is 5.29. The molecule has 1 amide bonds. The van der Waals surface area contributed by atoms with Gasteiger partial charge >= 0.3 is 0 Å². The van der Waals surface area contributed by atoms with Crippen LogP contribution in [0, 0.1) is 11.7 Å². The van der Waals surface area contributed by atoms with Crippen LogP contribution < -0.4 is 4.74 Å². The average Bonchev–Trinajstić information content (AvgIpc) is 3.41. The van der Waals surface area contributed by atoms with E-state index in [1.165, 1.54) is 38.2 Å². The van der Waals surface area contributed by atoms with Crippen molar-refractivity contribution in [2.24, 2.45) is 5.92 Å². The molecule has 3 fully saturated rings. The van der Waals surface area contributed by atoms with Gasteiger partial charge in [0.2, 0.25) is 0 Å². The van der Waals surface area contributed by atoms with Gasteiger partial charge in [0.25, 0.3) is 5.91 Å². The number of carbonyl (C=O) groups excluding carboxylic acids is 1. The fraction of sp³-hybridized carbons (Fsp3) is 0.682. The van der Waals surface area contributed by atoms with Gasteiger partial charge in [0.1, 0.15) is 11.6 Å². The molecule has 0 aromatic heterocycles. The van der Waals surface area contributed by atoms with Gasteiger partial charge in [-0.1, -0.05) is 19.3 Å². The Kier molecular flexibility index (Phi) is 5.19. The molecule has 3 nitrogen and oxygen atoms in total. The molecule has 1 saturated heterocycles. The minimum absolute atomic E-state index is 0.159. The van der Waals surface area contributed by atoms with Crippen LogP contribution in [-0.4, -0.2) is 30.0 Å². The highest BCUT2D eigenvalue weighted by Gasteiger charge is 2.32. The van der Waals surface area contributed by atoms with Crippen LogP contribution in [0.1, 0.15) is 86.6 Å². The zero-order chi connectivity index (χ0) is 18.1. The van der Waals surface area contributed by atoms with Crippen LogP contribution in [0.5, 0.6) is 5.75 Å². The molecule has 0 spiro atoms. The highest BCUT2D eigenvalue weighted by Crippen LogP contribution is 2.45. The highest BCUT2D eigenvalue weighted by molar-refractivity contribution is 5.95. The summed E-state index contributed by atoms with van der Waals surface area (Å²) in [5.74, 6) is 1.09. The molecule has 2 aliphatic carbocycles. The second-order valence-corrected chi connectivity index (χ2v) is 8.45. The molecule has 1 aliphatic heterocycles. The van der Waals surface area contributed by atoms with Gasteiger partial charge in [0.05, 0.1) is 12.2 Å². The molecule has 4 heteroatoms. The fourth-order valence-corrected chi connectivity index (χ4v) is 4.53. The minimum atomic E-state index is -0.433. The molecule has 0 radical (unpaired) electrons. The van der Waals surface area contributed by atoms with Crippen LogP contribution >= 0.6 is 0 Å². The molecule has 1 unspecified atom stereocenters. The maximum atomic E-state index is 14.8.